The average molecular weight is 192 g/mol. The van der Waals surface area contributed by atoms with Crippen LogP contribution in [0.1, 0.15) is 6.42 Å². The van der Waals surface area contributed by atoms with Crippen LogP contribution in [0.25, 0.3) is 0 Å². The second kappa shape index (κ2) is 6.36. The van der Waals surface area contributed by atoms with Crippen LogP contribution in [-0.4, -0.2) is 60.9 Å². The zero-order valence-corrected chi connectivity index (χ0v) is 6.34. The summed E-state index contributed by atoms with van der Waals surface area (Å²) < 4.78 is 29.2. The quantitative estimate of drug-likeness (QED) is 0.349. The molecule has 0 saturated carbocycles. The van der Waals surface area contributed by atoms with Crippen LogP contribution in [0.5, 0.6) is 0 Å². The Hall–Kier alpha value is 0.830. The van der Waals surface area contributed by atoms with Gasteiger partial charge in [0.15, 0.2) is 0 Å². The van der Waals surface area contributed by atoms with E-state index in [0.717, 1.165) is 0 Å². The van der Waals surface area contributed by atoms with E-state index in [0.29, 0.717) is 0 Å². The number of nitrogens with two attached hydrogens (primary N) is 2. The Balaban J connectivity index is 0. The third kappa shape index (κ3) is 6.03. The molecule has 1 atom stereocenters. The van der Waals surface area contributed by atoms with Crippen molar-refractivity contribution < 1.29 is 13.0 Å². The minimum atomic E-state index is -3.98. The van der Waals surface area contributed by atoms with Gasteiger partial charge in [-0.3, -0.25) is 4.55 Å². The summed E-state index contributed by atoms with van der Waals surface area (Å²) in [7, 11) is -3.98. The zero-order chi connectivity index (χ0) is 8.20. The first-order valence-corrected chi connectivity index (χ1v) is 4.39. The van der Waals surface area contributed by atoms with Crippen molar-refractivity contribution in [2.24, 2.45) is 11.5 Å². The van der Waals surface area contributed by atoms with Crippen molar-refractivity contribution in [3.63, 3.8) is 0 Å². The molecule has 0 spiro atoms. The summed E-state index contributed by atoms with van der Waals surface area (Å²) in [4.78, 5) is 0. The van der Waals surface area contributed by atoms with E-state index in [4.69, 9.17) is 16.0 Å². The molecule has 64 valence electrons. The van der Waals surface area contributed by atoms with Gasteiger partial charge in [-0.05, 0) is 13.0 Å². The van der Waals surface area contributed by atoms with Crippen molar-refractivity contribution in [1.29, 1.82) is 0 Å². The predicted molar refractivity (Wildman–Crippen MR) is 45.2 cm³/mol. The van der Waals surface area contributed by atoms with Gasteiger partial charge in [0.2, 0.25) is 0 Å². The van der Waals surface area contributed by atoms with E-state index in [-0.39, 0.29) is 49.1 Å². The Morgan fingerprint density at radius 2 is 1.82 bits per heavy atom. The Kier molecular flexibility index (Phi) is 8.30. The molecule has 0 aromatic heterocycles. The number of hydrogen-bond acceptors (Lipinski definition) is 4. The first-order chi connectivity index (χ1) is 4.52. The second-order valence-electron chi connectivity index (χ2n) is 1.95. The van der Waals surface area contributed by atoms with E-state index in [1.54, 1.807) is 0 Å². The van der Waals surface area contributed by atoms with Crippen molar-refractivity contribution in [2.45, 2.75) is 11.7 Å². The van der Waals surface area contributed by atoms with Crippen molar-refractivity contribution in [3.05, 3.63) is 0 Å². The molecule has 0 aliphatic heterocycles. The van der Waals surface area contributed by atoms with E-state index in [9.17, 15) is 8.42 Å². The maximum atomic E-state index is 10.4. The fourth-order valence-corrected chi connectivity index (χ4v) is 1.25. The van der Waals surface area contributed by atoms with E-state index in [2.05, 4.69) is 0 Å². The van der Waals surface area contributed by atoms with Gasteiger partial charge in [-0.2, -0.15) is 8.42 Å². The van der Waals surface area contributed by atoms with Gasteiger partial charge in [0, 0.05) is 6.54 Å². The molecule has 0 radical (unpaired) electrons. The molecule has 0 aliphatic carbocycles. The van der Waals surface area contributed by atoms with Crippen molar-refractivity contribution in [2.75, 3.05) is 13.1 Å². The first-order valence-electron chi connectivity index (χ1n) is 2.88. The summed E-state index contributed by atoms with van der Waals surface area (Å²) >= 11 is 0. The van der Waals surface area contributed by atoms with Crippen LogP contribution >= 0.6 is 0 Å². The molecule has 0 aromatic carbocycles. The molecule has 1 unspecified atom stereocenters. The SMILES string of the molecule is NCCC(CN)S(=O)(=O)O.[NaH]. The monoisotopic (exact) mass is 192 g/mol. The minimum absolute atomic E-state index is 0. The molecule has 0 bridgehead atoms. The summed E-state index contributed by atoms with van der Waals surface area (Å²) in [5.41, 5.74) is 10.1. The summed E-state index contributed by atoms with van der Waals surface area (Å²) in [6.45, 7) is 0.123. The van der Waals surface area contributed by atoms with Crippen LogP contribution < -0.4 is 11.5 Å². The molecule has 0 amide bonds. The molecule has 0 aromatic rings. The molecule has 5 N–H and O–H groups in total. The van der Waals surface area contributed by atoms with E-state index >= 15 is 0 Å². The predicted octanol–water partition coefficient (Wildman–Crippen LogP) is -2.10. The van der Waals surface area contributed by atoms with Crippen LogP contribution in [0.3, 0.4) is 0 Å². The van der Waals surface area contributed by atoms with Gasteiger partial charge in [0.25, 0.3) is 10.1 Å². The van der Waals surface area contributed by atoms with Gasteiger partial charge in [-0.25, -0.2) is 0 Å². The summed E-state index contributed by atoms with van der Waals surface area (Å²) in [5.74, 6) is 0. The molecule has 0 aliphatic rings. The topological polar surface area (TPSA) is 106 Å². The van der Waals surface area contributed by atoms with Gasteiger partial charge < -0.3 is 11.5 Å². The summed E-state index contributed by atoms with van der Waals surface area (Å²) in [6.07, 6.45) is 0.204. The number of hydrogen-bond donors (Lipinski definition) is 3. The molecule has 7 heteroatoms. The standard InChI is InChI=1S/C4H12N2O3S.Na.H/c5-2-1-4(3-6)10(7,8)9;;/h4H,1-3,5-6H2,(H,7,8,9);;. The van der Waals surface area contributed by atoms with Crippen LogP contribution in [0, 0.1) is 0 Å². The average Bonchev–Trinajstić information content (AvgIpc) is 1.80. The van der Waals surface area contributed by atoms with Gasteiger partial charge in [0.1, 0.15) is 0 Å². The molecule has 5 nitrogen and oxygen atoms in total. The van der Waals surface area contributed by atoms with Crippen LogP contribution in [0.2, 0.25) is 0 Å². The van der Waals surface area contributed by atoms with Gasteiger partial charge in [-0.15, -0.1) is 0 Å². The fourth-order valence-electron chi connectivity index (χ4n) is 0.574. The van der Waals surface area contributed by atoms with Gasteiger partial charge in [-0.1, -0.05) is 0 Å². The molecular weight excluding hydrogens is 179 g/mol. The summed E-state index contributed by atoms with van der Waals surface area (Å²) in [5, 5.41) is -0.905. The second-order valence-corrected chi connectivity index (χ2v) is 3.65. The Bertz CT molecular complexity index is 182. The third-order valence-electron chi connectivity index (χ3n) is 1.17. The van der Waals surface area contributed by atoms with Crippen LogP contribution in [0.15, 0.2) is 0 Å². The van der Waals surface area contributed by atoms with E-state index in [1.165, 1.54) is 0 Å². The van der Waals surface area contributed by atoms with Crippen LogP contribution in [0.4, 0.5) is 0 Å². The molecule has 0 heterocycles. The Morgan fingerprint density at radius 1 is 1.36 bits per heavy atom. The molecule has 0 rings (SSSR count). The Labute approximate surface area is 88.6 Å². The molecule has 11 heavy (non-hydrogen) atoms. The van der Waals surface area contributed by atoms with Gasteiger partial charge >= 0.3 is 29.6 Å². The zero-order valence-electron chi connectivity index (χ0n) is 5.53. The van der Waals surface area contributed by atoms with E-state index < -0.39 is 15.4 Å². The summed E-state index contributed by atoms with van der Waals surface area (Å²) in [6, 6.07) is 0. The van der Waals surface area contributed by atoms with Crippen LogP contribution in [-0.2, 0) is 10.1 Å². The first kappa shape index (κ1) is 14.4. The van der Waals surface area contributed by atoms with Crippen molar-refractivity contribution >= 4 is 39.7 Å². The molecule has 0 fully saturated rings. The molecular formula is C4H13N2NaO3S. The van der Waals surface area contributed by atoms with Crippen molar-refractivity contribution in [1.82, 2.24) is 0 Å². The maximum absolute atomic E-state index is 10.4. The molecule has 0 saturated heterocycles. The van der Waals surface area contributed by atoms with E-state index in [1.807, 2.05) is 0 Å². The third-order valence-corrected chi connectivity index (χ3v) is 2.44. The number of rotatable bonds is 4. The van der Waals surface area contributed by atoms with Gasteiger partial charge in [0.05, 0.1) is 5.25 Å². The fraction of sp³-hybridized carbons (Fsp3) is 1.00. The Morgan fingerprint density at radius 3 is 1.91 bits per heavy atom. The normalized spacial score (nSPS) is 13.7. The van der Waals surface area contributed by atoms with Crippen molar-refractivity contribution in [3.8, 4) is 0 Å².